The molecular weight excluding hydrogens is 230 g/mol. The Morgan fingerprint density at radius 1 is 1.16 bits per heavy atom. The molecule has 0 heterocycles. The zero-order valence-corrected chi connectivity index (χ0v) is 12.1. The molecule has 0 radical (unpaired) electrons. The van der Waals surface area contributed by atoms with Crippen LogP contribution in [0, 0.1) is 17.8 Å². The molecule has 1 aromatic rings. The Bertz CT molecular complexity index is 386. The van der Waals surface area contributed by atoms with E-state index < -0.39 is 0 Å². The standard InChI is InChI=1S/C18H27N/c1-14(18-13-16-9-10-17(18)12-16)19-11-5-8-15-6-3-2-4-7-15/h2-4,6-7,14,16-19H,5,8-13H2,1H3. The van der Waals surface area contributed by atoms with E-state index >= 15 is 0 Å². The van der Waals surface area contributed by atoms with Gasteiger partial charge in [0.15, 0.2) is 0 Å². The van der Waals surface area contributed by atoms with Crippen LogP contribution < -0.4 is 5.32 Å². The minimum absolute atomic E-state index is 0.728. The highest BCUT2D eigenvalue weighted by atomic mass is 14.9. The predicted molar refractivity (Wildman–Crippen MR) is 81.2 cm³/mol. The Morgan fingerprint density at radius 3 is 2.68 bits per heavy atom. The highest BCUT2D eigenvalue weighted by Gasteiger charge is 2.41. The molecule has 19 heavy (non-hydrogen) atoms. The number of nitrogens with one attached hydrogen (secondary N) is 1. The maximum atomic E-state index is 3.78. The average Bonchev–Trinajstić information content (AvgIpc) is 3.07. The summed E-state index contributed by atoms with van der Waals surface area (Å²) in [6.45, 7) is 3.58. The molecule has 2 aliphatic carbocycles. The van der Waals surface area contributed by atoms with Gasteiger partial charge in [-0.2, -0.15) is 0 Å². The van der Waals surface area contributed by atoms with Crippen LogP contribution in [0.4, 0.5) is 0 Å². The second kappa shape index (κ2) is 6.09. The number of fused-ring (bicyclic) bond motifs is 2. The van der Waals surface area contributed by atoms with Crippen molar-refractivity contribution in [3.05, 3.63) is 35.9 Å². The molecule has 3 rings (SSSR count). The average molecular weight is 257 g/mol. The van der Waals surface area contributed by atoms with E-state index in [9.17, 15) is 0 Å². The van der Waals surface area contributed by atoms with Crippen molar-refractivity contribution in [3.8, 4) is 0 Å². The van der Waals surface area contributed by atoms with Gasteiger partial charge in [-0.15, -0.1) is 0 Å². The first-order valence-corrected chi connectivity index (χ1v) is 8.10. The number of hydrogen-bond acceptors (Lipinski definition) is 1. The van der Waals surface area contributed by atoms with Crippen LogP contribution in [0.1, 0.15) is 44.6 Å². The molecule has 1 nitrogen and oxygen atoms in total. The number of rotatable bonds is 6. The Balaban J connectivity index is 1.36. The molecule has 0 aromatic heterocycles. The lowest BCUT2D eigenvalue weighted by molar-refractivity contribution is 0.260. The van der Waals surface area contributed by atoms with Gasteiger partial charge in [0.25, 0.3) is 0 Å². The Hall–Kier alpha value is -0.820. The largest absolute Gasteiger partial charge is 0.314 e. The van der Waals surface area contributed by atoms with Gasteiger partial charge in [-0.3, -0.25) is 0 Å². The summed E-state index contributed by atoms with van der Waals surface area (Å²) in [5, 5.41) is 3.78. The molecular formula is C18H27N. The molecule has 4 atom stereocenters. The monoisotopic (exact) mass is 257 g/mol. The molecule has 1 heteroatoms. The second-order valence-electron chi connectivity index (χ2n) is 6.67. The van der Waals surface area contributed by atoms with Crippen molar-refractivity contribution in [3.63, 3.8) is 0 Å². The topological polar surface area (TPSA) is 12.0 Å². The highest BCUT2D eigenvalue weighted by Crippen LogP contribution is 2.49. The summed E-state index contributed by atoms with van der Waals surface area (Å²) in [6.07, 6.45) is 8.51. The predicted octanol–water partition coefficient (Wildman–Crippen LogP) is 4.03. The first kappa shape index (κ1) is 13.2. The van der Waals surface area contributed by atoms with Crippen LogP contribution in [0.2, 0.25) is 0 Å². The van der Waals surface area contributed by atoms with Crippen molar-refractivity contribution in [2.75, 3.05) is 6.54 Å². The minimum Gasteiger partial charge on any atom is -0.314 e. The van der Waals surface area contributed by atoms with Crippen molar-refractivity contribution in [1.29, 1.82) is 0 Å². The lowest BCUT2D eigenvalue weighted by Crippen LogP contribution is -2.36. The fraction of sp³-hybridized carbons (Fsp3) is 0.667. The first-order chi connectivity index (χ1) is 9.33. The molecule has 1 N–H and O–H groups in total. The molecule has 2 aliphatic rings. The Morgan fingerprint density at radius 2 is 2.00 bits per heavy atom. The van der Waals surface area contributed by atoms with E-state index in [1.807, 2.05) is 0 Å². The third-order valence-corrected chi connectivity index (χ3v) is 5.39. The van der Waals surface area contributed by atoms with Crippen molar-refractivity contribution >= 4 is 0 Å². The third kappa shape index (κ3) is 3.20. The normalized spacial score (nSPS) is 30.7. The van der Waals surface area contributed by atoms with Gasteiger partial charge < -0.3 is 5.32 Å². The fourth-order valence-electron chi connectivity index (χ4n) is 4.32. The van der Waals surface area contributed by atoms with Gasteiger partial charge in [-0.25, -0.2) is 0 Å². The smallest absolute Gasteiger partial charge is 0.00697 e. The molecule has 0 saturated heterocycles. The SMILES string of the molecule is CC(NCCCc1ccccc1)C1CC2CCC1C2. The van der Waals surface area contributed by atoms with Crippen LogP contribution in [0.15, 0.2) is 30.3 Å². The second-order valence-corrected chi connectivity index (χ2v) is 6.67. The van der Waals surface area contributed by atoms with Crippen LogP contribution in [0.3, 0.4) is 0 Å². The molecule has 0 spiro atoms. The summed E-state index contributed by atoms with van der Waals surface area (Å²) in [6, 6.07) is 11.6. The molecule has 0 aliphatic heterocycles. The Labute approximate surface area is 117 Å². The molecule has 104 valence electrons. The van der Waals surface area contributed by atoms with E-state index in [1.165, 1.54) is 50.6 Å². The molecule has 4 unspecified atom stereocenters. The zero-order chi connectivity index (χ0) is 13.1. The third-order valence-electron chi connectivity index (χ3n) is 5.39. The van der Waals surface area contributed by atoms with Gasteiger partial charge >= 0.3 is 0 Å². The summed E-state index contributed by atoms with van der Waals surface area (Å²) in [5.74, 6) is 3.08. The lowest BCUT2D eigenvalue weighted by Gasteiger charge is -2.28. The van der Waals surface area contributed by atoms with E-state index in [4.69, 9.17) is 0 Å². The maximum Gasteiger partial charge on any atom is 0.00697 e. The van der Waals surface area contributed by atoms with Gasteiger partial charge in [0.1, 0.15) is 0 Å². The minimum atomic E-state index is 0.728. The van der Waals surface area contributed by atoms with Gasteiger partial charge in [-0.1, -0.05) is 36.8 Å². The summed E-state index contributed by atoms with van der Waals surface area (Å²) in [7, 11) is 0. The molecule has 2 saturated carbocycles. The first-order valence-electron chi connectivity index (χ1n) is 8.10. The van der Waals surface area contributed by atoms with Crippen molar-refractivity contribution in [1.82, 2.24) is 5.32 Å². The van der Waals surface area contributed by atoms with E-state index in [2.05, 4.69) is 42.6 Å². The number of hydrogen-bond donors (Lipinski definition) is 1. The van der Waals surface area contributed by atoms with Gasteiger partial charge in [0.2, 0.25) is 0 Å². The summed E-state index contributed by atoms with van der Waals surface area (Å²) < 4.78 is 0. The number of benzene rings is 1. The van der Waals surface area contributed by atoms with Crippen LogP contribution in [0.5, 0.6) is 0 Å². The van der Waals surface area contributed by atoms with Crippen LogP contribution in [-0.2, 0) is 6.42 Å². The van der Waals surface area contributed by atoms with E-state index in [-0.39, 0.29) is 0 Å². The molecule has 1 aromatic carbocycles. The highest BCUT2D eigenvalue weighted by molar-refractivity contribution is 5.14. The summed E-state index contributed by atoms with van der Waals surface area (Å²) in [5.41, 5.74) is 1.47. The summed E-state index contributed by atoms with van der Waals surface area (Å²) in [4.78, 5) is 0. The molecule has 2 bridgehead atoms. The van der Waals surface area contributed by atoms with Crippen molar-refractivity contribution in [2.24, 2.45) is 17.8 Å². The van der Waals surface area contributed by atoms with E-state index in [0.717, 1.165) is 23.8 Å². The quantitative estimate of drug-likeness (QED) is 0.759. The molecule has 0 amide bonds. The maximum absolute atomic E-state index is 3.78. The van der Waals surface area contributed by atoms with E-state index in [1.54, 1.807) is 0 Å². The number of aryl methyl sites for hydroxylation is 1. The van der Waals surface area contributed by atoms with Gasteiger partial charge in [0, 0.05) is 6.04 Å². The van der Waals surface area contributed by atoms with Gasteiger partial charge in [-0.05, 0) is 68.9 Å². The van der Waals surface area contributed by atoms with Crippen molar-refractivity contribution < 1.29 is 0 Å². The van der Waals surface area contributed by atoms with Crippen LogP contribution in [-0.4, -0.2) is 12.6 Å². The van der Waals surface area contributed by atoms with E-state index in [0.29, 0.717) is 0 Å². The van der Waals surface area contributed by atoms with Gasteiger partial charge in [0.05, 0.1) is 0 Å². The Kier molecular flexibility index (Phi) is 4.22. The molecule has 2 fully saturated rings. The lowest BCUT2D eigenvalue weighted by atomic mass is 9.84. The zero-order valence-electron chi connectivity index (χ0n) is 12.1. The fourth-order valence-corrected chi connectivity index (χ4v) is 4.32. The van der Waals surface area contributed by atoms with Crippen LogP contribution >= 0.6 is 0 Å². The van der Waals surface area contributed by atoms with Crippen LogP contribution in [0.25, 0.3) is 0 Å². The van der Waals surface area contributed by atoms with Crippen molar-refractivity contribution in [2.45, 2.75) is 51.5 Å². The summed E-state index contributed by atoms with van der Waals surface area (Å²) >= 11 is 0.